The van der Waals surface area contributed by atoms with Crippen LogP contribution in [0.15, 0.2) is 48.7 Å². The number of rotatable bonds is 3. The number of fused-ring (bicyclic) bond motifs is 1. The number of benzene rings is 2. The van der Waals surface area contributed by atoms with Crippen molar-refractivity contribution in [3.8, 4) is 0 Å². The third-order valence-electron chi connectivity index (χ3n) is 3.22. The van der Waals surface area contributed by atoms with Crippen molar-refractivity contribution in [3.63, 3.8) is 0 Å². The van der Waals surface area contributed by atoms with Crippen LogP contribution in [0.5, 0.6) is 0 Å². The van der Waals surface area contributed by atoms with Crippen LogP contribution >= 0.6 is 11.6 Å². The molecule has 0 spiro atoms. The molecule has 3 heteroatoms. The Labute approximate surface area is 117 Å². The van der Waals surface area contributed by atoms with E-state index < -0.39 is 0 Å². The van der Waals surface area contributed by atoms with E-state index >= 15 is 0 Å². The molecule has 0 amide bonds. The molecule has 96 valence electrons. The minimum absolute atomic E-state index is 0.758. The van der Waals surface area contributed by atoms with Crippen molar-refractivity contribution in [2.45, 2.75) is 13.5 Å². The number of anilines is 1. The molecule has 1 aromatic heterocycles. The molecular weight excluding hydrogens is 256 g/mol. The Hall–Kier alpha value is -1.93. The highest BCUT2D eigenvalue weighted by Gasteiger charge is 2.01. The van der Waals surface area contributed by atoms with Crippen molar-refractivity contribution in [1.29, 1.82) is 0 Å². The molecule has 0 aliphatic rings. The van der Waals surface area contributed by atoms with E-state index in [1.165, 1.54) is 16.5 Å². The highest BCUT2D eigenvalue weighted by molar-refractivity contribution is 6.33. The molecule has 3 rings (SSSR count). The molecule has 0 saturated carbocycles. The van der Waals surface area contributed by atoms with Crippen LogP contribution in [-0.2, 0) is 6.54 Å². The summed E-state index contributed by atoms with van der Waals surface area (Å²) in [6.07, 6.45) is 1.96. The molecule has 2 N–H and O–H groups in total. The molecule has 1 heterocycles. The van der Waals surface area contributed by atoms with Crippen molar-refractivity contribution in [1.82, 2.24) is 4.98 Å². The van der Waals surface area contributed by atoms with E-state index in [4.69, 9.17) is 11.6 Å². The first-order valence-corrected chi connectivity index (χ1v) is 6.66. The second kappa shape index (κ2) is 4.98. The molecule has 3 aromatic rings. The second-order valence-electron chi connectivity index (χ2n) is 4.74. The lowest BCUT2D eigenvalue weighted by Crippen LogP contribution is -2.00. The minimum Gasteiger partial charge on any atom is -0.380 e. The molecular formula is C16H15ClN2. The molecule has 0 fully saturated rings. The zero-order chi connectivity index (χ0) is 13.2. The first-order chi connectivity index (χ1) is 9.22. The largest absolute Gasteiger partial charge is 0.380 e. The van der Waals surface area contributed by atoms with Gasteiger partial charge in [0.05, 0.1) is 10.7 Å². The first kappa shape index (κ1) is 12.1. The summed E-state index contributed by atoms with van der Waals surface area (Å²) in [7, 11) is 0. The summed E-state index contributed by atoms with van der Waals surface area (Å²) in [5.74, 6) is 0. The lowest BCUT2D eigenvalue weighted by atomic mass is 10.1. The predicted molar refractivity (Wildman–Crippen MR) is 81.8 cm³/mol. The quantitative estimate of drug-likeness (QED) is 0.707. The lowest BCUT2D eigenvalue weighted by Gasteiger charge is -2.09. The molecule has 0 bridgehead atoms. The van der Waals surface area contributed by atoms with Gasteiger partial charge in [0.25, 0.3) is 0 Å². The number of aryl methyl sites for hydroxylation is 1. The van der Waals surface area contributed by atoms with E-state index in [2.05, 4.69) is 47.6 Å². The van der Waals surface area contributed by atoms with Crippen LogP contribution in [0, 0.1) is 6.92 Å². The first-order valence-electron chi connectivity index (χ1n) is 6.28. The summed E-state index contributed by atoms with van der Waals surface area (Å²) in [5.41, 5.74) is 4.59. The molecule has 2 nitrogen and oxygen atoms in total. The van der Waals surface area contributed by atoms with Gasteiger partial charge in [0.15, 0.2) is 0 Å². The lowest BCUT2D eigenvalue weighted by molar-refractivity contribution is 1.15. The number of halogens is 1. The summed E-state index contributed by atoms with van der Waals surface area (Å²) >= 11 is 6.17. The molecule has 0 unspecified atom stereocenters. The van der Waals surface area contributed by atoms with Crippen molar-refractivity contribution in [3.05, 3.63) is 64.8 Å². The van der Waals surface area contributed by atoms with E-state index in [9.17, 15) is 0 Å². The van der Waals surface area contributed by atoms with E-state index in [0.29, 0.717) is 0 Å². The average Bonchev–Trinajstić information content (AvgIpc) is 2.87. The highest BCUT2D eigenvalue weighted by Crippen LogP contribution is 2.23. The molecule has 0 radical (unpaired) electrons. The van der Waals surface area contributed by atoms with E-state index in [-0.39, 0.29) is 0 Å². The molecule has 0 aliphatic carbocycles. The normalized spacial score (nSPS) is 10.8. The maximum absolute atomic E-state index is 6.17. The Morgan fingerprint density at radius 1 is 1.11 bits per heavy atom. The van der Waals surface area contributed by atoms with Crippen molar-refractivity contribution in [2.24, 2.45) is 0 Å². The van der Waals surface area contributed by atoms with Crippen LogP contribution in [0.3, 0.4) is 0 Å². The Bertz CT molecular complexity index is 716. The average molecular weight is 271 g/mol. The summed E-state index contributed by atoms with van der Waals surface area (Å²) in [4.78, 5) is 3.20. The van der Waals surface area contributed by atoms with Gasteiger partial charge in [0.1, 0.15) is 0 Å². The zero-order valence-electron chi connectivity index (χ0n) is 10.7. The fourth-order valence-electron chi connectivity index (χ4n) is 2.18. The van der Waals surface area contributed by atoms with E-state index in [1.807, 2.05) is 18.3 Å². The van der Waals surface area contributed by atoms with Gasteiger partial charge in [-0.05, 0) is 53.8 Å². The van der Waals surface area contributed by atoms with Crippen molar-refractivity contribution in [2.75, 3.05) is 5.32 Å². The number of hydrogen-bond donors (Lipinski definition) is 2. The number of nitrogens with one attached hydrogen (secondary N) is 2. The third-order valence-corrected chi connectivity index (χ3v) is 3.55. The number of aromatic nitrogens is 1. The van der Waals surface area contributed by atoms with Crippen LogP contribution in [-0.4, -0.2) is 4.98 Å². The Morgan fingerprint density at radius 3 is 2.89 bits per heavy atom. The SMILES string of the molecule is Cc1ccc(Cl)c(NCc2ccc3[nH]ccc3c2)c1. The van der Waals surface area contributed by atoms with Gasteiger partial charge < -0.3 is 10.3 Å². The Morgan fingerprint density at radius 2 is 2.00 bits per heavy atom. The number of aromatic amines is 1. The van der Waals surface area contributed by atoms with Gasteiger partial charge in [-0.3, -0.25) is 0 Å². The second-order valence-corrected chi connectivity index (χ2v) is 5.14. The molecule has 0 saturated heterocycles. The molecule has 19 heavy (non-hydrogen) atoms. The third kappa shape index (κ3) is 2.59. The maximum Gasteiger partial charge on any atom is 0.0637 e. The Balaban J connectivity index is 1.79. The minimum atomic E-state index is 0.758. The summed E-state index contributed by atoms with van der Waals surface area (Å²) < 4.78 is 0. The Kier molecular flexibility index (Phi) is 3.18. The van der Waals surface area contributed by atoms with E-state index in [0.717, 1.165) is 22.8 Å². The van der Waals surface area contributed by atoms with Gasteiger partial charge >= 0.3 is 0 Å². The summed E-state index contributed by atoms with van der Waals surface area (Å²) in [5, 5.41) is 5.37. The molecule has 0 atom stereocenters. The van der Waals surface area contributed by atoms with Gasteiger partial charge in [-0.2, -0.15) is 0 Å². The summed E-state index contributed by atoms with van der Waals surface area (Å²) in [6, 6.07) is 14.5. The van der Waals surface area contributed by atoms with Crippen LogP contribution in [0.2, 0.25) is 5.02 Å². The highest BCUT2D eigenvalue weighted by atomic mass is 35.5. The van der Waals surface area contributed by atoms with Crippen LogP contribution in [0.4, 0.5) is 5.69 Å². The molecule has 2 aromatic carbocycles. The van der Waals surface area contributed by atoms with Gasteiger partial charge in [-0.25, -0.2) is 0 Å². The standard InChI is InChI=1S/C16H15ClN2/c1-11-2-4-14(17)16(8-11)19-10-12-3-5-15-13(9-12)6-7-18-15/h2-9,18-19H,10H2,1H3. The van der Waals surface area contributed by atoms with Gasteiger partial charge in [0, 0.05) is 18.3 Å². The fraction of sp³-hybridized carbons (Fsp3) is 0.125. The predicted octanol–water partition coefficient (Wildman–Crippen LogP) is 4.74. The number of H-pyrrole nitrogens is 1. The molecule has 0 aliphatic heterocycles. The van der Waals surface area contributed by atoms with Gasteiger partial charge in [0.2, 0.25) is 0 Å². The van der Waals surface area contributed by atoms with Crippen molar-refractivity contribution >= 4 is 28.2 Å². The fourth-order valence-corrected chi connectivity index (χ4v) is 2.37. The maximum atomic E-state index is 6.17. The van der Waals surface area contributed by atoms with Crippen LogP contribution in [0.25, 0.3) is 10.9 Å². The monoisotopic (exact) mass is 270 g/mol. The number of hydrogen-bond acceptors (Lipinski definition) is 1. The topological polar surface area (TPSA) is 27.8 Å². The van der Waals surface area contributed by atoms with Gasteiger partial charge in [-0.1, -0.05) is 23.7 Å². The van der Waals surface area contributed by atoms with Gasteiger partial charge in [-0.15, -0.1) is 0 Å². The van der Waals surface area contributed by atoms with E-state index in [1.54, 1.807) is 0 Å². The zero-order valence-corrected chi connectivity index (χ0v) is 11.5. The smallest absolute Gasteiger partial charge is 0.0637 e. The van der Waals surface area contributed by atoms with Crippen LogP contribution in [0.1, 0.15) is 11.1 Å². The van der Waals surface area contributed by atoms with Crippen molar-refractivity contribution < 1.29 is 0 Å². The summed E-state index contributed by atoms with van der Waals surface area (Å²) in [6.45, 7) is 2.83. The van der Waals surface area contributed by atoms with Crippen LogP contribution < -0.4 is 5.32 Å².